The summed E-state index contributed by atoms with van der Waals surface area (Å²) >= 11 is 0. The maximum absolute atomic E-state index is 2.42. The second-order valence-corrected chi connectivity index (χ2v) is 4.15. The first-order chi connectivity index (χ1) is 5.93. The minimum Gasteiger partial charge on any atom is -0.0620 e. The molecule has 0 aromatic heterocycles. The maximum atomic E-state index is 2.42. The number of hydrogen-bond donors (Lipinski definition) is 0. The highest BCUT2D eigenvalue weighted by molar-refractivity contribution is 4.72. The van der Waals surface area contributed by atoms with Gasteiger partial charge in [0.15, 0.2) is 0 Å². The third-order valence-electron chi connectivity index (χ3n) is 3.12. The standard InChI is InChI=1S/C12H23/c1-2-12-10-8-6-4-3-5-7-9-11-12/h2,12H,3-11H2,1H3. The highest BCUT2D eigenvalue weighted by Gasteiger charge is 2.07. The van der Waals surface area contributed by atoms with Crippen LogP contribution in [0.3, 0.4) is 0 Å². The molecule has 1 saturated carbocycles. The van der Waals surface area contributed by atoms with E-state index in [-0.39, 0.29) is 0 Å². The Kier molecular flexibility index (Phi) is 5.47. The lowest BCUT2D eigenvalue weighted by Gasteiger charge is -2.15. The first-order valence-electron chi connectivity index (χ1n) is 5.73. The van der Waals surface area contributed by atoms with Gasteiger partial charge in [0, 0.05) is 0 Å². The molecule has 0 heteroatoms. The quantitative estimate of drug-likeness (QED) is 0.544. The molecule has 0 amide bonds. The van der Waals surface area contributed by atoms with Gasteiger partial charge in [-0.2, -0.15) is 0 Å². The van der Waals surface area contributed by atoms with Gasteiger partial charge in [-0.3, -0.25) is 0 Å². The lowest BCUT2D eigenvalue weighted by Crippen LogP contribution is -2.01. The maximum Gasteiger partial charge on any atom is -0.0386 e. The van der Waals surface area contributed by atoms with Crippen LogP contribution in [0.2, 0.25) is 0 Å². The van der Waals surface area contributed by atoms with Crippen molar-refractivity contribution < 1.29 is 0 Å². The SMILES string of the molecule is C[CH]C1CCCCCCCCC1. The summed E-state index contributed by atoms with van der Waals surface area (Å²) in [5.74, 6) is 0.933. The van der Waals surface area contributed by atoms with E-state index in [2.05, 4.69) is 13.3 Å². The van der Waals surface area contributed by atoms with Gasteiger partial charge in [-0.25, -0.2) is 0 Å². The summed E-state index contributed by atoms with van der Waals surface area (Å²) in [5, 5.41) is 0. The van der Waals surface area contributed by atoms with Gasteiger partial charge in [-0.1, -0.05) is 64.7 Å². The second-order valence-electron chi connectivity index (χ2n) is 4.15. The van der Waals surface area contributed by atoms with E-state index >= 15 is 0 Å². The molecule has 71 valence electrons. The molecule has 0 bridgehead atoms. The van der Waals surface area contributed by atoms with Gasteiger partial charge in [0.2, 0.25) is 0 Å². The van der Waals surface area contributed by atoms with Gasteiger partial charge in [0.05, 0.1) is 0 Å². The Hall–Kier alpha value is 0. The minimum atomic E-state index is 0.933. The average Bonchev–Trinajstić information content (AvgIpc) is 2.14. The number of hydrogen-bond acceptors (Lipinski definition) is 0. The smallest absolute Gasteiger partial charge is 0.0386 e. The van der Waals surface area contributed by atoms with Crippen molar-refractivity contribution in [3.8, 4) is 0 Å². The monoisotopic (exact) mass is 167 g/mol. The van der Waals surface area contributed by atoms with Crippen molar-refractivity contribution in [3.63, 3.8) is 0 Å². The Bertz CT molecular complexity index is 86.2. The molecule has 0 saturated heterocycles. The second kappa shape index (κ2) is 6.51. The van der Waals surface area contributed by atoms with Crippen LogP contribution in [0.5, 0.6) is 0 Å². The molecule has 0 aromatic carbocycles. The van der Waals surface area contributed by atoms with E-state index in [1.807, 2.05) is 0 Å². The molecule has 12 heavy (non-hydrogen) atoms. The third kappa shape index (κ3) is 4.13. The topological polar surface area (TPSA) is 0 Å². The highest BCUT2D eigenvalue weighted by Crippen LogP contribution is 2.22. The fraction of sp³-hybridized carbons (Fsp3) is 0.917. The lowest BCUT2D eigenvalue weighted by molar-refractivity contribution is 0.426. The average molecular weight is 167 g/mol. The van der Waals surface area contributed by atoms with E-state index in [0.29, 0.717) is 0 Å². The molecule has 0 N–H and O–H groups in total. The van der Waals surface area contributed by atoms with Crippen molar-refractivity contribution in [2.24, 2.45) is 5.92 Å². The van der Waals surface area contributed by atoms with E-state index in [0.717, 1.165) is 5.92 Å². The van der Waals surface area contributed by atoms with E-state index in [4.69, 9.17) is 0 Å². The minimum absolute atomic E-state index is 0.933. The van der Waals surface area contributed by atoms with Crippen LogP contribution in [0.1, 0.15) is 64.7 Å². The fourth-order valence-electron chi connectivity index (χ4n) is 2.17. The molecular weight excluding hydrogens is 144 g/mol. The largest absolute Gasteiger partial charge is 0.0620 e. The molecule has 0 aliphatic heterocycles. The van der Waals surface area contributed by atoms with Crippen molar-refractivity contribution in [1.29, 1.82) is 0 Å². The first kappa shape index (κ1) is 10.1. The molecule has 1 aliphatic carbocycles. The molecule has 0 atom stereocenters. The van der Waals surface area contributed by atoms with Crippen molar-refractivity contribution in [2.75, 3.05) is 0 Å². The molecule has 1 radical (unpaired) electrons. The van der Waals surface area contributed by atoms with Crippen molar-refractivity contribution >= 4 is 0 Å². The van der Waals surface area contributed by atoms with Gasteiger partial charge >= 0.3 is 0 Å². The molecular formula is C12H23. The molecule has 0 aromatic rings. The van der Waals surface area contributed by atoms with Crippen LogP contribution in [0.25, 0.3) is 0 Å². The Morgan fingerprint density at radius 2 is 1.17 bits per heavy atom. The lowest BCUT2D eigenvalue weighted by atomic mass is 9.91. The zero-order valence-corrected chi connectivity index (χ0v) is 8.52. The van der Waals surface area contributed by atoms with Crippen LogP contribution >= 0.6 is 0 Å². The Morgan fingerprint density at radius 1 is 0.750 bits per heavy atom. The predicted octanol–water partition coefficient (Wildman–Crippen LogP) is 4.35. The van der Waals surface area contributed by atoms with Gasteiger partial charge in [0.25, 0.3) is 0 Å². The number of rotatable bonds is 1. The summed E-state index contributed by atoms with van der Waals surface area (Å²) in [7, 11) is 0. The zero-order valence-electron chi connectivity index (χ0n) is 8.52. The normalized spacial score (nSPS) is 23.8. The van der Waals surface area contributed by atoms with Crippen LogP contribution in [0.15, 0.2) is 0 Å². The summed E-state index contributed by atoms with van der Waals surface area (Å²) in [6.45, 7) is 2.23. The fourth-order valence-corrected chi connectivity index (χ4v) is 2.17. The zero-order chi connectivity index (χ0) is 8.65. The van der Waals surface area contributed by atoms with E-state index in [1.165, 1.54) is 57.8 Å². The van der Waals surface area contributed by atoms with Crippen molar-refractivity contribution in [3.05, 3.63) is 6.42 Å². The molecule has 0 unspecified atom stereocenters. The highest BCUT2D eigenvalue weighted by atomic mass is 14.1. The van der Waals surface area contributed by atoms with Gasteiger partial charge in [0.1, 0.15) is 0 Å². The summed E-state index contributed by atoms with van der Waals surface area (Å²) in [4.78, 5) is 0. The Labute approximate surface area is 77.7 Å². The van der Waals surface area contributed by atoms with Crippen LogP contribution in [-0.2, 0) is 0 Å². The molecule has 0 heterocycles. The van der Waals surface area contributed by atoms with Gasteiger partial charge in [-0.05, 0) is 12.3 Å². The van der Waals surface area contributed by atoms with Gasteiger partial charge < -0.3 is 0 Å². The van der Waals surface area contributed by atoms with Crippen molar-refractivity contribution in [1.82, 2.24) is 0 Å². The summed E-state index contributed by atoms with van der Waals surface area (Å²) < 4.78 is 0. The first-order valence-corrected chi connectivity index (χ1v) is 5.73. The predicted molar refractivity (Wildman–Crippen MR) is 55.0 cm³/mol. The van der Waals surface area contributed by atoms with Crippen LogP contribution < -0.4 is 0 Å². The summed E-state index contributed by atoms with van der Waals surface area (Å²) in [6, 6.07) is 0. The van der Waals surface area contributed by atoms with E-state index in [9.17, 15) is 0 Å². The molecule has 0 nitrogen and oxygen atoms in total. The Morgan fingerprint density at radius 3 is 1.58 bits per heavy atom. The molecule has 0 spiro atoms. The Balaban J connectivity index is 2.17. The molecule has 1 aliphatic rings. The summed E-state index contributed by atoms with van der Waals surface area (Å²) in [5.41, 5.74) is 0. The van der Waals surface area contributed by atoms with Gasteiger partial charge in [-0.15, -0.1) is 0 Å². The van der Waals surface area contributed by atoms with E-state index < -0.39 is 0 Å². The van der Waals surface area contributed by atoms with E-state index in [1.54, 1.807) is 0 Å². The van der Waals surface area contributed by atoms with Crippen molar-refractivity contribution in [2.45, 2.75) is 64.7 Å². The van der Waals surface area contributed by atoms with Crippen LogP contribution in [0.4, 0.5) is 0 Å². The van der Waals surface area contributed by atoms with Crippen LogP contribution in [0, 0.1) is 12.3 Å². The third-order valence-corrected chi connectivity index (χ3v) is 3.12. The molecule has 1 rings (SSSR count). The summed E-state index contributed by atoms with van der Waals surface area (Å²) in [6.07, 6.45) is 15.7. The molecule has 1 fully saturated rings. The van der Waals surface area contributed by atoms with Crippen LogP contribution in [-0.4, -0.2) is 0 Å².